The van der Waals surface area contributed by atoms with Crippen molar-refractivity contribution >= 4 is 17.9 Å². The lowest BCUT2D eigenvalue weighted by Gasteiger charge is -2.34. The van der Waals surface area contributed by atoms with Crippen molar-refractivity contribution in [3.63, 3.8) is 0 Å². The highest BCUT2D eigenvalue weighted by molar-refractivity contribution is 5.93. The summed E-state index contributed by atoms with van der Waals surface area (Å²) in [6.45, 7) is 9.81. The van der Waals surface area contributed by atoms with Crippen LogP contribution in [0.2, 0.25) is 0 Å². The molecule has 0 saturated carbocycles. The van der Waals surface area contributed by atoms with Crippen LogP contribution in [0.15, 0.2) is 12.4 Å². The van der Waals surface area contributed by atoms with Crippen LogP contribution in [0.5, 0.6) is 0 Å². The zero-order chi connectivity index (χ0) is 17.5. The van der Waals surface area contributed by atoms with Gasteiger partial charge in [0, 0.05) is 51.7 Å². The van der Waals surface area contributed by atoms with E-state index in [1.807, 2.05) is 18.7 Å². The van der Waals surface area contributed by atoms with Crippen molar-refractivity contribution in [3.05, 3.63) is 18.0 Å². The Balaban J connectivity index is 1.95. The summed E-state index contributed by atoms with van der Waals surface area (Å²) in [5, 5.41) is 0. The highest BCUT2D eigenvalue weighted by Gasteiger charge is 2.23. The van der Waals surface area contributed by atoms with E-state index in [4.69, 9.17) is 4.74 Å². The number of nitrogens with zero attached hydrogens (tertiary/aromatic N) is 5. The molecule has 2 heterocycles. The van der Waals surface area contributed by atoms with Gasteiger partial charge in [0.05, 0.1) is 12.2 Å². The molecule has 1 aromatic heterocycles. The van der Waals surface area contributed by atoms with E-state index < -0.39 is 0 Å². The zero-order valence-corrected chi connectivity index (χ0v) is 14.6. The summed E-state index contributed by atoms with van der Waals surface area (Å²) in [7, 11) is 0. The first kappa shape index (κ1) is 18.0. The average molecular weight is 335 g/mol. The number of aromatic nitrogens is 2. The van der Waals surface area contributed by atoms with Gasteiger partial charge in [0.2, 0.25) is 5.95 Å². The molecule has 1 fully saturated rings. The third-order valence-electron chi connectivity index (χ3n) is 4.02. The summed E-state index contributed by atoms with van der Waals surface area (Å²) >= 11 is 0. The predicted molar refractivity (Wildman–Crippen MR) is 90.1 cm³/mol. The molecule has 24 heavy (non-hydrogen) atoms. The molecule has 1 saturated heterocycles. The number of anilines is 1. The number of hydrogen-bond acceptors (Lipinski definition) is 6. The molecule has 1 aromatic rings. The van der Waals surface area contributed by atoms with Gasteiger partial charge in [-0.3, -0.25) is 4.79 Å². The highest BCUT2D eigenvalue weighted by atomic mass is 16.6. The second kappa shape index (κ2) is 8.47. The van der Waals surface area contributed by atoms with E-state index in [1.54, 1.807) is 29.1 Å². The molecule has 0 atom stereocenters. The Kier molecular flexibility index (Phi) is 6.34. The van der Waals surface area contributed by atoms with Gasteiger partial charge in [-0.15, -0.1) is 0 Å². The second-order valence-corrected chi connectivity index (χ2v) is 5.42. The summed E-state index contributed by atoms with van der Waals surface area (Å²) in [6.07, 6.45) is 2.86. The van der Waals surface area contributed by atoms with Crippen molar-refractivity contribution in [3.8, 4) is 0 Å². The smallest absolute Gasteiger partial charge is 0.409 e. The Bertz CT molecular complexity index is 551. The lowest BCUT2D eigenvalue weighted by atomic mass is 10.3. The number of carbonyl (C=O) groups is 2. The Morgan fingerprint density at radius 3 is 2.17 bits per heavy atom. The van der Waals surface area contributed by atoms with E-state index in [-0.39, 0.29) is 12.0 Å². The van der Waals surface area contributed by atoms with Crippen molar-refractivity contribution in [2.75, 3.05) is 50.8 Å². The van der Waals surface area contributed by atoms with Gasteiger partial charge in [0.15, 0.2) is 0 Å². The molecule has 0 radical (unpaired) electrons. The topological polar surface area (TPSA) is 78.9 Å². The number of ether oxygens (including phenoxy) is 1. The van der Waals surface area contributed by atoms with Crippen LogP contribution in [0.3, 0.4) is 0 Å². The molecule has 0 spiro atoms. The molecule has 8 heteroatoms. The van der Waals surface area contributed by atoms with Gasteiger partial charge in [0.1, 0.15) is 0 Å². The van der Waals surface area contributed by atoms with Crippen LogP contribution < -0.4 is 4.90 Å². The first-order valence-electron chi connectivity index (χ1n) is 8.38. The summed E-state index contributed by atoms with van der Waals surface area (Å²) in [5.74, 6) is 0.522. The lowest BCUT2D eigenvalue weighted by molar-refractivity contribution is 0.0772. The fraction of sp³-hybridized carbons (Fsp3) is 0.625. The number of piperazine rings is 1. The minimum atomic E-state index is -0.279. The first-order chi connectivity index (χ1) is 11.6. The van der Waals surface area contributed by atoms with E-state index in [2.05, 4.69) is 9.97 Å². The average Bonchev–Trinajstić information content (AvgIpc) is 2.63. The molecular formula is C16H25N5O3. The van der Waals surface area contributed by atoms with Crippen LogP contribution in [0, 0.1) is 0 Å². The molecule has 0 bridgehead atoms. The van der Waals surface area contributed by atoms with Gasteiger partial charge in [0.25, 0.3) is 5.91 Å². The van der Waals surface area contributed by atoms with Gasteiger partial charge in [-0.2, -0.15) is 0 Å². The van der Waals surface area contributed by atoms with Gasteiger partial charge in [-0.1, -0.05) is 0 Å². The highest BCUT2D eigenvalue weighted by Crippen LogP contribution is 2.12. The van der Waals surface area contributed by atoms with Crippen molar-refractivity contribution in [2.24, 2.45) is 0 Å². The van der Waals surface area contributed by atoms with Gasteiger partial charge >= 0.3 is 6.09 Å². The Labute approximate surface area is 142 Å². The van der Waals surface area contributed by atoms with E-state index in [0.717, 1.165) is 0 Å². The summed E-state index contributed by atoms with van der Waals surface area (Å²) < 4.78 is 5.00. The number of carbonyl (C=O) groups excluding carboxylic acids is 2. The number of amides is 2. The minimum Gasteiger partial charge on any atom is -0.450 e. The molecule has 0 unspecified atom stereocenters. The fourth-order valence-electron chi connectivity index (χ4n) is 2.59. The van der Waals surface area contributed by atoms with Gasteiger partial charge in [-0.05, 0) is 20.8 Å². The minimum absolute atomic E-state index is 0.0568. The maximum atomic E-state index is 12.2. The van der Waals surface area contributed by atoms with E-state index in [9.17, 15) is 9.59 Å². The van der Waals surface area contributed by atoms with E-state index >= 15 is 0 Å². The van der Waals surface area contributed by atoms with Crippen LogP contribution in [-0.4, -0.2) is 77.6 Å². The molecule has 132 valence electrons. The molecule has 2 rings (SSSR count). The summed E-state index contributed by atoms with van der Waals surface area (Å²) in [5.41, 5.74) is 0.493. The van der Waals surface area contributed by atoms with Crippen molar-refractivity contribution in [1.29, 1.82) is 0 Å². The molecule has 0 aliphatic carbocycles. The Morgan fingerprint density at radius 2 is 1.67 bits per heavy atom. The monoisotopic (exact) mass is 335 g/mol. The second-order valence-electron chi connectivity index (χ2n) is 5.42. The van der Waals surface area contributed by atoms with E-state index in [0.29, 0.717) is 57.4 Å². The number of rotatable bonds is 5. The Hall–Kier alpha value is -2.38. The predicted octanol–water partition coefficient (Wildman–Crippen LogP) is 1.24. The number of hydrogen-bond donors (Lipinski definition) is 0. The van der Waals surface area contributed by atoms with Crippen LogP contribution in [0.25, 0.3) is 0 Å². The Morgan fingerprint density at radius 1 is 1.08 bits per heavy atom. The summed E-state index contributed by atoms with van der Waals surface area (Å²) in [6, 6.07) is 0. The molecule has 1 aliphatic heterocycles. The molecule has 0 N–H and O–H groups in total. The van der Waals surface area contributed by atoms with Crippen LogP contribution in [0.1, 0.15) is 31.1 Å². The summed E-state index contributed by atoms with van der Waals surface area (Å²) in [4.78, 5) is 38.0. The van der Waals surface area contributed by atoms with Gasteiger partial charge in [-0.25, -0.2) is 14.8 Å². The van der Waals surface area contributed by atoms with E-state index in [1.165, 1.54) is 0 Å². The SMILES string of the molecule is CCOC(=O)N1CCN(c2ncc(C(=O)N(CC)CC)cn2)CC1. The normalized spacial score (nSPS) is 14.5. The molecule has 1 aliphatic rings. The molecule has 0 aromatic carbocycles. The fourth-order valence-corrected chi connectivity index (χ4v) is 2.59. The molecule has 8 nitrogen and oxygen atoms in total. The van der Waals surface area contributed by atoms with Crippen LogP contribution >= 0.6 is 0 Å². The van der Waals surface area contributed by atoms with Crippen molar-refractivity contribution < 1.29 is 14.3 Å². The molecular weight excluding hydrogens is 310 g/mol. The van der Waals surface area contributed by atoms with Crippen LogP contribution in [-0.2, 0) is 4.74 Å². The molecule has 2 amide bonds. The largest absolute Gasteiger partial charge is 0.450 e. The van der Waals surface area contributed by atoms with Crippen LogP contribution in [0.4, 0.5) is 10.7 Å². The third-order valence-corrected chi connectivity index (χ3v) is 4.02. The standard InChI is InChI=1S/C16H25N5O3/c1-4-19(5-2)14(22)13-11-17-15(18-12-13)20-7-9-21(10-8-20)16(23)24-6-3/h11-12H,4-10H2,1-3H3. The quantitative estimate of drug-likeness (QED) is 0.805. The maximum Gasteiger partial charge on any atom is 0.409 e. The first-order valence-corrected chi connectivity index (χ1v) is 8.38. The van der Waals surface area contributed by atoms with Gasteiger partial charge < -0.3 is 19.4 Å². The lowest BCUT2D eigenvalue weighted by Crippen LogP contribution is -2.49. The maximum absolute atomic E-state index is 12.2. The zero-order valence-electron chi connectivity index (χ0n) is 14.6. The third kappa shape index (κ3) is 4.12. The van der Waals surface area contributed by atoms with Crippen molar-refractivity contribution in [2.45, 2.75) is 20.8 Å². The van der Waals surface area contributed by atoms with Crippen molar-refractivity contribution in [1.82, 2.24) is 19.8 Å².